The lowest BCUT2D eigenvalue weighted by Gasteiger charge is -2.38. The summed E-state index contributed by atoms with van der Waals surface area (Å²) in [6.45, 7) is 5.74. The minimum atomic E-state index is -0.532. The van der Waals surface area contributed by atoms with E-state index < -0.39 is 5.91 Å². The summed E-state index contributed by atoms with van der Waals surface area (Å²) in [5.41, 5.74) is 10.9. The predicted octanol–water partition coefficient (Wildman–Crippen LogP) is 4.50. The van der Waals surface area contributed by atoms with Gasteiger partial charge in [-0.1, -0.05) is 60.7 Å². The molecule has 6 nitrogen and oxygen atoms in total. The van der Waals surface area contributed by atoms with Gasteiger partial charge < -0.3 is 20.9 Å². The Hall–Kier alpha value is -4.32. The van der Waals surface area contributed by atoms with Gasteiger partial charge in [0.15, 0.2) is 0 Å². The lowest BCUT2D eigenvalue weighted by molar-refractivity contribution is 0.0951. The van der Waals surface area contributed by atoms with E-state index in [9.17, 15) is 9.59 Å². The van der Waals surface area contributed by atoms with E-state index in [1.54, 1.807) is 12.1 Å². The Balaban J connectivity index is 1.29. The van der Waals surface area contributed by atoms with Crippen molar-refractivity contribution in [3.05, 3.63) is 107 Å². The van der Waals surface area contributed by atoms with E-state index in [1.165, 1.54) is 11.3 Å². The van der Waals surface area contributed by atoms with E-state index in [1.807, 2.05) is 36.4 Å². The standard InChI is InChI=1S/C30H30N4O2/c1-21-7-2-5-12-27(21)33-15-17-34(18-16-33)28-14-13-23(19-26(28)29(31)35)30(36)32-20-24-10-6-9-22-8-3-4-11-25(22)24/h2-14,19H,15-18,20H2,1H3,(H2,31,35)(H,32,36). The van der Waals surface area contributed by atoms with Crippen molar-refractivity contribution < 1.29 is 9.59 Å². The Morgan fingerprint density at radius 2 is 1.47 bits per heavy atom. The van der Waals surface area contributed by atoms with Crippen LogP contribution in [0, 0.1) is 6.92 Å². The number of nitrogens with two attached hydrogens (primary N) is 1. The zero-order valence-corrected chi connectivity index (χ0v) is 20.4. The molecule has 0 atom stereocenters. The summed E-state index contributed by atoms with van der Waals surface area (Å²) in [5, 5.41) is 5.23. The van der Waals surface area contributed by atoms with Gasteiger partial charge in [-0.2, -0.15) is 0 Å². The molecule has 4 aromatic rings. The van der Waals surface area contributed by atoms with Crippen LogP contribution in [0.2, 0.25) is 0 Å². The van der Waals surface area contributed by atoms with Gasteiger partial charge in [-0.05, 0) is 53.1 Å². The molecule has 1 aliphatic heterocycles. The molecule has 182 valence electrons. The van der Waals surface area contributed by atoms with Gasteiger partial charge in [0.2, 0.25) is 0 Å². The predicted molar refractivity (Wildman–Crippen MR) is 146 cm³/mol. The van der Waals surface area contributed by atoms with Crippen LogP contribution >= 0.6 is 0 Å². The van der Waals surface area contributed by atoms with Gasteiger partial charge >= 0.3 is 0 Å². The number of fused-ring (bicyclic) bond motifs is 1. The number of carbonyl (C=O) groups excluding carboxylic acids is 2. The number of benzene rings is 4. The van der Waals surface area contributed by atoms with Gasteiger partial charge in [-0.3, -0.25) is 9.59 Å². The molecule has 0 aromatic heterocycles. The quantitative estimate of drug-likeness (QED) is 0.428. The van der Waals surface area contributed by atoms with Crippen molar-refractivity contribution in [3.8, 4) is 0 Å². The van der Waals surface area contributed by atoms with Crippen LogP contribution in [0.25, 0.3) is 10.8 Å². The molecule has 4 aromatic carbocycles. The number of hydrogen-bond donors (Lipinski definition) is 2. The number of rotatable bonds is 6. The topological polar surface area (TPSA) is 78.7 Å². The SMILES string of the molecule is Cc1ccccc1N1CCN(c2ccc(C(=O)NCc3cccc4ccccc34)cc2C(N)=O)CC1. The smallest absolute Gasteiger partial charge is 0.251 e. The summed E-state index contributed by atoms with van der Waals surface area (Å²) in [5.74, 6) is -0.767. The third-order valence-electron chi connectivity index (χ3n) is 6.92. The largest absolute Gasteiger partial charge is 0.368 e. The second kappa shape index (κ2) is 10.1. The van der Waals surface area contributed by atoms with Gasteiger partial charge in [-0.15, -0.1) is 0 Å². The molecule has 1 saturated heterocycles. The van der Waals surface area contributed by atoms with Crippen LogP contribution in [0.1, 0.15) is 31.8 Å². The highest BCUT2D eigenvalue weighted by Gasteiger charge is 2.23. The highest BCUT2D eigenvalue weighted by atomic mass is 16.2. The summed E-state index contributed by atoms with van der Waals surface area (Å²) in [4.78, 5) is 29.9. The van der Waals surface area contributed by atoms with Crippen LogP contribution in [0.5, 0.6) is 0 Å². The Morgan fingerprint density at radius 3 is 2.22 bits per heavy atom. The molecule has 0 unspecified atom stereocenters. The summed E-state index contributed by atoms with van der Waals surface area (Å²) in [6.07, 6.45) is 0. The highest BCUT2D eigenvalue weighted by molar-refractivity contribution is 6.03. The lowest BCUT2D eigenvalue weighted by atomic mass is 10.0. The maximum Gasteiger partial charge on any atom is 0.251 e. The van der Waals surface area contributed by atoms with Gasteiger partial charge in [-0.25, -0.2) is 0 Å². The summed E-state index contributed by atoms with van der Waals surface area (Å²) >= 11 is 0. The van der Waals surface area contributed by atoms with Crippen LogP contribution in [0.15, 0.2) is 84.9 Å². The van der Waals surface area contributed by atoms with Crippen LogP contribution in [-0.2, 0) is 6.54 Å². The monoisotopic (exact) mass is 478 g/mol. The third kappa shape index (κ3) is 4.75. The van der Waals surface area contributed by atoms with E-state index >= 15 is 0 Å². The van der Waals surface area contributed by atoms with Crippen LogP contribution < -0.4 is 20.9 Å². The minimum Gasteiger partial charge on any atom is -0.368 e. The van der Waals surface area contributed by atoms with Gasteiger partial charge in [0, 0.05) is 49.7 Å². The second-order valence-corrected chi connectivity index (χ2v) is 9.18. The number of carbonyl (C=O) groups is 2. The van der Waals surface area contributed by atoms with Crippen molar-refractivity contribution in [2.75, 3.05) is 36.0 Å². The summed E-state index contributed by atoms with van der Waals surface area (Å²) < 4.78 is 0. The normalized spacial score (nSPS) is 13.6. The Bertz CT molecular complexity index is 1420. The molecule has 0 aliphatic carbocycles. The van der Waals surface area contributed by atoms with Crippen molar-refractivity contribution >= 4 is 34.0 Å². The maximum absolute atomic E-state index is 13.0. The molecule has 1 aliphatic rings. The lowest BCUT2D eigenvalue weighted by Crippen LogP contribution is -2.47. The fourth-order valence-corrected chi connectivity index (χ4v) is 4.98. The van der Waals surface area contributed by atoms with Crippen molar-refractivity contribution in [1.82, 2.24) is 5.32 Å². The van der Waals surface area contributed by atoms with Crippen LogP contribution in [-0.4, -0.2) is 38.0 Å². The first-order chi connectivity index (χ1) is 17.5. The Labute approximate surface area is 211 Å². The molecular weight excluding hydrogens is 448 g/mol. The number of amides is 2. The van der Waals surface area contributed by atoms with E-state index in [-0.39, 0.29) is 5.91 Å². The average molecular weight is 479 g/mol. The maximum atomic E-state index is 13.0. The van der Waals surface area contributed by atoms with Crippen LogP contribution in [0.4, 0.5) is 11.4 Å². The number of nitrogens with one attached hydrogen (secondary N) is 1. The molecule has 1 heterocycles. The molecule has 2 amide bonds. The zero-order valence-electron chi connectivity index (χ0n) is 20.4. The first kappa shape index (κ1) is 23.4. The Kier molecular flexibility index (Phi) is 6.58. The minimum absolute atomic E-state index is 0.235. The number of piperazine rings is 1. The molecule has 0 radical (unpaired) electrons. The van der Waals surface area contributed by atoms with Crippen molar-refractivity contribution in [1.29, 1.82) is 0 Å². The second-order valence-electron chi connectivity index (χ2n) is 9.18. The first-order valence-corrected chi connectivity index (χ1v) is 12.3. The first-order valence-electron chi connectivity index (χ1n) is 12.3. The molecule has 3 N–H and O–H groups in total. The molecule has 0 bridgehead atoms. The van der Waals surface area contributed by atoms with Gasteiger partial charge in [0.1, 0.15) is 0 Å². The Morgan fingerprint density at radius 1 is 0.806 bits per heavy atom. The van der Waals surface area contributed by atoms with E-state index in [0.29, 0.717) is 17.7 Å². The van der Waals surface area contributed by atoms with Crippen molar-refractivity contribution in [2.24, 2.45) is 5.73 Å². The summed E-state index contributed by atoms with van der Waals surface area (Å²) in [7, 11) is 0. The zero-order chi connectivity index (χ0) is 25.1. The molecule has 0 spiro atoms. The molecule has 5 rings (SSSR count). The molecular formula is C30H30N4O2. The summed E-state index contributed by atoms with van der Waals surface area (Å²) in [6, 6.07) is 27.8. The number of anilines is 2. The van der Waals surface area contributed by atoms with Crippen LogP contribution in [0.3, 0.4) is 0 Å². The molecule has 6 heteroatoms. The van der Waals surface area contributed by atoms with Crippen molar-refractivity contribution in [2.45, 2.75) is 13.5 Å². The average Bonchev–Trinajstić information content (AvgIpc) is 2.91. The number of nitrogens with zero attached hydrogens (tertiary/aromatic N) is 2. The van der Waals surface area contributed by atoms with E-state index in [2.05, 4.69) is 58.4 Å². The fraction of sp³-hybridized carbons (Fsp3) is 0.200. The third-order valence-corrected chi connectivity index (χ3v) is 6.92. The van der Waals surface area contributed by atoms with Gasteiger partial charge in [0.05, 0.1) is 5.56 Å². The number of aryl methyl sites for hydroxylation is 1. The molecule has 0 saturated carbocycles. The fourth-order valence-electron chi connectivity index (χ4n) is 4.98. The van der Waals surface area contributed by atoms with E-state index in [0.717, 1.165) is 48.2 Å². The number of hydrogen-bond acceptors (Lipinski definition) is 4. The number of primary amides is 1. The number of para-hydroxylation sites is 1. The van der Waals surface area contributed by atoms with Crippen molar-refractivity contribution in [3.63, 3.8) is 0 Å². The van der Waals surface area contributed by atoms with E-state index in [4.69, 9.17) is 5.73 Å². The molecule has 1 fully saturated rings. The molecule has 36 heavy (non-hydrogen) atoms. The van der Waals surface area contributed by atoms with Gasteiger partial charge in [0.25, 0.3) is 11.8 Å². The highest BCUT2D eigenvalue weighted by Crippen LogP contribution is 2.26.